The second-order valence-electron chi connectivity index (χ2n) is 5.44. The molecule has 4 N–H and O–H groups in total. The summed E-state index contributed by atoms with van der Waals surface area (Å²) >= 11 is 0. The molecule has 3 rings (SSSR count). The van der Waals surface area contributed by atoms with Crippen molar-refractivity contribution in [2.75, 3.05) is 24.6 Å². The number of aromatic nitrogens is 3. The van der Waals surface area contributed by atoms with Gasteiger partial charge in [0.25, 0.3) is 0 Å². The number of pyridine rings is 1. The maximum atomic E-state index is 12.6. The van der Waals surface area contributed by atoms with Crippen molar-refractivity contribution in [2.45, 2.75) is 23.7 Å². The van der Waals surface area contributed by atoms with Gasteiger partial charge in [-0.3, -0.25) is 4.98 Å². The van der Waals surface area contributed by atoms with E-state index in [-0.39, 0.29) is 16.8 Å². The third kappa shape index (κ3) is 3.10. The van der Waals surface area contributed by atoms with E-state index in [0.29, 0.717) is 31.7 Å². The molecule has 122 valence electrons. The largest absolute Gasteiger partial charge is 0.383 e. The molecular formula is C14H18N6O2S. The van der Waals surface area contributed by atoms with E-state index in [0.717, 1.165) is 5.56 Å². The van der Waals surface area contributed by atoms with Crippen molar-refractivity contribution in [1.29, 1.82) is 0 Å². The second-order valence-corrected chi connectivity index (χ2v) is 7.37. The molecule has 1 aliphatic rings. The Morgan fingerprint density at radius 1 is 1.17 bits per heavy atom. The molecule has 2 aromatic heterocycles. The van der Waals surface area contributed by atoms with Crippen molar-refractivity contribution < 1.29 is 8.42 Å². The monoisotopic (exact) mass is 334 g/mol. The molecule has 0 aliphatic carbocycles. The summed E-state index contributed by atoms with van der Waals surface area (Å²) in [5, 5.41) is 0. The molecular weight excluding hydrogens is 316 g/mol. The molecule has 1 aliphatic heterocycles. The molecule has 23 heavy (non-hydrogen) atoms. The Bertz CT molecular complexity index is 788. The lowest BCUT2D eigenvalue weighted by molar-refractivity contribution is 0.319. The molecule has 9 heteroatoms. The number of nitrogens with two attached hydrogens (primary N) is 2. The van der Waals surface area contributed by atoms with Crippen LogP contribution in [0.5, 0.6) is 0 Å². The summed E-state index contributed by atoms with van der Waals surface area (Å²) in [6.07, 6.45) is 5.88. The van der Waals surface area contributed by atoms with Gasteiger partial charge in [0.05, 0.1) is 0 Å². The third-order valence-electron chi connectivity index (χ3n) is 4.03. The molecule has 1 fully saturated rings. The number of nitrogens with zero attached hydrogens (tertiary/aromatic N) is 4. The van der Waals surface area contributed by atoms with Gasteiger partial charge in [-0.25, -0.2) is 13.4 Å². The fraction of sp³-hybridized carbons (Fsp3) is 0.357. The van der Waals surface area contributed by atoms with E-state index >= 15 is 0 Å². The average molecular weight is 334 g/mol. The molecule has 3 heterocycles. The van der Waals surface area contributed by atoms with Gasteiger partial charge in [0.15, 0.2) is 0 Å². The van der Waals surface area contributed by atoms with Crippen molar-refractivity contribution in [1.82, 2.24) is 19.3 Å². The topological polar surface area (TPSA) is 128 Å². The Kier molecular flexibility index (Phi) is 4.14. The van der Waals surface area contributed by atoms with Gasteiger partial charge in [-0.05, 0) is 30.9 Å². The van der Waals surface area contributed by atoms with Gasteiger partial charge in [0, 0.05) is 37.2 Å². The Hall–Kier alpha value is -2.26. The minimum atomic E-state index is -3.50. The first-order valence-electron chi connectivity index (χ1n) is 7.26. The maximum absolute atomic E-state index is 12.6. The molecule has 0 aromatic carbocycles. The van der Waals surface area contributed by atoms with Crippen LogP contribution in [0, 0.1) is 0 Å². The van der Waals surface area contributed by atoms with Crippen LogP contribution in [0.4, 0.5) is 11.8 Å². The van der Waals surface area contributed by atoms with Crippen molar-refractivity contribution in [3.63, 3.8) is 0 Å². The van der Waals surface area contributed by atoms with E-state index in [1.807, 2.05) is 0 Å². The molecule has 0 spiro atoms. The lowest BCUT2D eigenvalue weighted by Crippen LogP contribution is -2.38. The Morgan fingerprint density at radius 3 is 2.52 bits per heavy atom. The summed E-state index contributed by atoms with van der Waals surface area (Å²) in [4.78, 5) is 12.0. The minimum Gasteiger partial charge on any atom is -0.383 e. The highest BCUT2D eigenvalue weighted by molar-refractivity contribution is 7.89. The first-order valence-corrected chi connectivity index (χ1v) is 8.70. The predicted molar refractivity (Wildman–Crippen MR) is 85.8 cm³/mol. The second kappa shape index (κ2) is 6.09. The Balaban J connectivity index is 1.74. The molecule has 0 atom stereocenters. The smallest absolute Gasteiger partial charge is 0.244 e. The van der Waals surface area contributed by atoms with Crippen LogP contribution in [-0.4, -0.2) is 40.8 Å². The maximum Gasteiger partial charge on any atom is 0.244 e. The zero-order valence-electron chi connectivity index (χ0n) is 12.5. The highest BCUT2D eigenvalue weighted by Crippen LogP contribution is 2.32. The number of nitrogen functional groups attached to an aromatic ring is 2. The van der Waals surface area contributed by atoms with Gasteiger partial charge in [-0.2, -0.15) is 9.29 Å². The summed E-state index contributed by atoms with van der Waals surface area (Å²) < 4.78 is 26.6. The zero-order valence-corrected chi connectivity index (χ0v) is 13.3. The van der Waals surface area contributed by atoms with E-state index in [9.17, 15) is 8.42 Å². The quantitative estimate of drug-likeness (QED) is 0.841. The summed E-state index contributed by atoms with van der Waals surface area (Å²) in [6.45, 7) is 0.845. The van der Waals surface area contributed by atoms with Crippen LogP contribution in [0.1, 0.15) is 24.3 Å². The van der Waals surface area contributed by atoms with Crippen molar-refractivity contribution in [3.8, 4) is 0 Å². The van der Waals surface area contributed by atoms with Gasteiger partial charge < -0.3 is 11.5 Å². The van der Waals surface area contributed by atoms with Crippen LogP contribution in [0.3, 0.4) is 0 Å². The van der Waals surface area contributed by atoms with Crippen LogP contribution in [-0.2, 0) is 10.0 Å². The number of hydrogen-bond acceptors (Lipinski definition) is 7. The van der Waals surface area contributed by atoms with Crippen LogP contribution >= 0.6 is 0 Å². The SMILES string of the molecule is Nc1ncc(C2CCN(S(=O)(=O)c3cccnc3)CC2)c(N)n1. The van der Waals surface area contributed by atoms with Crippen molar-refractivity contribution in [3.05, 3.63) is 36.3 Å². The molecule has 0 amide bonds. The van der Waals surface area contributed by atoms with Gasteiger partial charge in [-0.15, -0.1) is 0 Å². The average Bonchev–Trinajstić information content (AvgIpc) is 2.56. The molecule has 0 unspecified atom stereocenters. The van der Waals surface area contributed by atoms with Gasteiger partial charge >= 0.3 is 0 Å². The molecule has 0 bridgehead atoms. The van der Waals surface area contributed by atoms with E-state index in [1.54, 1.807) is 24.5 Å². The van der Waals surface area contributed by atoms with E-state index < -0.39 is 10.0 Å². The van der Waals surface area contributed by atoms with Crippen LogP contribution < -0.4 is 11.5 Å². The molecule has 0 radical (unpaired) electrons. The van der Waals surface area contributed by atoms with Crippen LogP contribution in [0.2, 0.25) is 0 Å². The zero-order chi connectivity index (χ0) is 16.4. The number of sulfonamides is 1. The van der Waals surface area contributed by atoms with Crippen molar-refractivity contribution in [2.24, 2.45) is 0 Å². The highest BCUT2D eigenvalue weighted by atomic mass is 32.2. The first kappa shape index (κ1) is 15.6. The molecule has 8 nitrogen and oxygen atoms in total. The summed E-state index contributed by atoms with van der Waals surface area (Å²) in [6, 6.07) is 3.17. The van der Waals surface area contributed by atoms with E-state index in [4.69, 9.17) is 11.5 Å². The third-order valence-corrected chi connectivity index (χ3v) is 5.91. The predicted octanol–water partition coefficient (Wildman–Crippen LogP) is 0.604. The fourth-order valence-corrected chi connectivity index (χ4v) is 4.22. The minimum absolute atomic E-state index is 0.135. The number of piperidine rings is 1. The molecule has 0 saturated carbocycles. The number of rotatable bonds is 3. The van der Waals surface area contributed by atoms with Crippen LogP contribution in [0.15, 0.2) is 35.6 Å². The van der Waals surface area contributed by atoms with E-state index in [1.165, 1.54) is 10.5 Å². The van der Waals surface area contributed by atoms with Gasteiger partial charge in [0.1, 0.15) is 10.7 Å². The van der Waals surface area contributed by atoms with Crippen LogP contribution in [0.25, 0.3) is 0 Å². The Morgan fingerprint density at radius 2 is 1.91 bits per heavy atom. The summed E-state index contributed by atoms with van der Waals surface area (Å²) in [5.74, 6) is 0.643. The van der Waals surface area contributed by atoms with Gasteiger partial charge in [-0.1, -0.05) is 0 Å². The Labute approximate surface area is 134 Å². The molecule has 1 saturated heterocycles. The fourth-order valence-electron chi connectivity index (χ4n) is 2.79. The lowest BCUT2D eigenvalue weighted by atomic mass is 9.91. The highest BCUT2D eigenvalue weighted by Gasteiger charge is 2.31. The lowest BCUT2D eigenvalue weighted by Gasteiger charge is -2.31. The summed E-state index contributed by atoms with van der Waals surface area (Å²) in [5.41, 5.74) is 12.2. The molecule has 2 aromatic rings. The van der Waals surface area contributed by atoms with Crippen molar-refractivity contribution >= 4 is 21.8 Å². The number of hydrogen-bond donors (Lipinski definition) is 2. The first-order chi connectivity index (χ1) is 11.0. The van der Waals surface area contributed by atoms with Gasteiger partial charge in [0.2, 0.25) is 16.0 Å². The number of anilines is 2. The van der Waals surface area contributed by atoms with E-state index in [2.05, 4.69) is 15.0 Å². The summed E-state index contributed by atoms with van der Waals surface area (Å²) in [7, 11) is -3.50. The normalized spacial score (nSPS) is 17.2. The standard InChI is InChI=1S/C14H18N6O2S/c15-13-12(9-18-14(16)19-13)10-3-6-20(7-4-10)23(21,22)11-2-1-5-17-8-11/h1-2,5,8-10H,3-4,6-7H2,(H4,15,16,18,19).